The molecule has 1 atom stereocenters. The summed E-state index contributed by atoms with van der Waals surface area (Å²) >= 11 is 12.1. The van der Waals surface area contributed by atoms with E-state index < -0.39 is 0 Å². The third kappa shape index (κ3) is 3.50. The average molecular weight is 301 g/mol. The van der Waals surface area contributed by atoms with Gasteiger partial charge in [-0.2, -0.15) is 0 Å². The second-order valence-corrected chi connectivity index (χ2v) is 6.23. The zero-order valence-electron chi connectivity index (χ0n) is 10.8. The maximum Gasteiger partial charge on any atom is 0.175 e. The Balaban J connectivity index is 1.77. The first kappa shape index (κ1) is 13.4. The van der Waals surface area contributed by atoms with E-state index in [0.29, 0.717) is 16.3 Å². The lowest BCUT2D eigenvalue weighted by atomic mass is 10.2. The van der Waals surface area contributed by atoms with E-state index in [9.17, 15) is 0 Å². The number of anilines is 1. The fourth-order valence-corrected chi connectivity index (χ4v) is 2.98. The van der Waals surface area contributed by atoms with E-state index in [4.69, 9.17) is 23.2 Å². The summed E-state index contributed by atoms with van der Waals surface area (Å²) in [6, 6.07) is 2.37. The second kappa shape index (κ2) is 5.81. The minimum atomic E-state index is 0.402. The molecule has 19 heavy (non-hydrogen) atoms. The van der Waals surface area contributed by atoms with Crippen LogP contribution in [0.15, 0.2) is 6.07 Å². The van der Waals surface area contributed by atoms with E-state index >= 15 is 0 Å². The molecule has 4 nitrogen and oxygen atoms in total. The molecule has 3 rings (SSSR count). The molecule has 1 N–H and O–H groups in total. The smallest absolute Gasteiger partial charge is 0.175 e. The summed E-state index contributed by atoms with van der Waals surface area (Å²) in [5.41, 5.74) is 0.919. The van der Waals surface area contributed by atoms with Crippen LogP contribution in [0.3, 0.4) is 0 Å². The molecule has 0 bridgehead atoms. The number of rotatable bonds is 5. The molecular formula is C13H18Cl2N4. The van der Waals surface area contributed by atoms with Crippen molar-refractivity contribution in [2.75, 3.05) is 24.5 Å². The van der Waals surface area contributed by atoms with Gasteiger partial charge in [0.25, 0.3) is 0 Å². The maximum atomic E-state index is 6.19. The van der Waals surface area contributed by atoms with Gasteiger partial charge in [0.1, 0.15) is 0 Å². The predicted molar refractivity (Wildman–Crippen MR) is 78.0 cm³/mol. The molecule has 2 heterocycles. The Morgan fingerprint density at radius 3 is 2.74 bits per heavy atom. The molecule has 1 aliphatic heterocycles. The SMILES string of the molecule is Clc1cc(N(CC2CC2)CC2CCCN2)c(Cl)nn1. The fraction of sp³-hybridized carbons (Fsp3) is 0.692. The second-order valence-electron chi connectivity index (χ2n) is 5.48. The molecule has 1 aromatic heterocycles. The van der Waals surface area contributed by atoms with Crippen molar-refractivity contribution in [2.45, 2.75) is 31.7 Å². The van der Waals surface area contributed by atoms with Crippen LogP contribution in [0, 0.1) is 5.92 Å². The average Bonchev–Trinajstić information content (AvgIpc) is 3.06. The van der Waals surface area contributed by atoms with Crippen LogP contribution in [0.1, 0.15) is 25.7 Å². The van der Waals surface area contributed by atoms with Gasteiger partial charge in [0.2, 0.25) is 0 Å². The third-order valence-corrected chi connectivity index (χ3v) is 4.27. The van der Waals surface area contributed by atoms with Crippen molar-refractivity contribution in [1.29, 1.82) is 0 Å². The Morgan fingerprint density at radius 1 is 1.21 bits per heavy atom. The van der Waals surface area contributed by atoms with Crippen molar-refractivity contribution in [1.82, 2.24) is 15.5 Å². The van der Waals surface area contributed by atoms with Gasteiger partial charge < -0.3 is 10.2 Å². The zero-order valence-corrected chi connectivity index (χ0v) is 12.3. The highest BCUT2D eigenvalue weighted by Crippen LogP contribution is 2.34. The van der Waals surface area contributed by atoms with Gasteiger partial charge in [-0.25, -0.2) is 0 Å². The number of halogens is 2. The summed E-state index contributed by atoms with van der Waals surface area (Å²) in [7, 11) is 0. The summed E-state index contributed by atoms with van der Waals surface area (Å²) < 4.78 is 0. The van der Waals surface area contributed by atoms with E-state index in [1.54, 1.807) is 0 Å². The highest BCUT2D eigenvalue weighted by atomic mass is 35.5. The van der Waals surface area contributed by atoms with Gasteiger partial charge in [0.05, 0.1) is 5.69 Å². The normalized spacial score (nSPS) is 22.7. The van der Waals surface area contributed by atoms with Gasteiger partial charge in [-0.15, -0.1) is 10.2 Å². The third-order valence-electron chi connectivity index (χ3n) is 3.82. The molecule has 104 valence electrons. The predicted octanol–water partition coefficient (Wildman–Crippen LogP) is 2.75. The lowest BCUT2D eigenvalue weighted by molar-refractivity contribution is 0.569. The van der Waals surface area contributed by atoms with Crippen molar-refractivity contribution >= 4 is 28.9 Å². The molecule has 0 radical (unpaired) electrons. The number of nitrogens with zero attached hydrogens (tertiary/aromatic N) is 3. The zero-order chi connectivity index (χ0) is 13.2. The van der Waals surface area contributed by atoms with Crippen LogP contribution in [0.25, 0.3) is 0 Å². The largest absolute Gasteiger partial charge is 0.367 e. The van der Waals surface area contributed by atoms with Gasteiger partial charge in [-0.1, -0.05) is 23.2 Å². The maximum absolute atomic E-state index is 6.19. The molecule has 6 heteroatoms. The summed E-state index contributed by atoms with van der Waals surface area (Å²) in [5, 5.41) is 12.1. The van der Waals surface area contributed by atoms with Crippen molar-refractivity contribution in [3.05, 3.63) is 16.4 Å². The van der Waals surface area contributed by atoms with E-state index in [2.05, 4.69) is 20.4 Å². The first-order valence-electron chi connectivity index (χ1n) is 6.89. The summed E-state index contributed by atoms with van der Waals surface area (Å²) in [4.78, 5) is 2.32. The summed E-state index contributed by atoms with van der Waals surface area (Å²) in [6.07, 6.45) is 5.12. The highest BCUT2D eigenvalue weighted by Gasteiger charge is 2.28. The first-order valence-corrected chi connectivity index (χ1v) is 7.65. The minimum absolute atomic E-state index is 0.402. The monoisotopic (exact) mass is 300 g/mol. The molecule has 1 saturated heterocycles. The number of hydrogen-bond donors (Lipinski definition) is 1. The first-order chi connectivity index (χ1) is 9.22. The van der Waals surface area contributed by atoms with Gasteiger partial charge in [-0.05, 0) is 38.1 Å². The van der Waals surface area contributed by atoms with Crippen LogP contribution in [0.2, 0.25) is 10.3 Å². The molecule has 1 unspecified atom stereocenters. The standard InChI is InChI=1S/C13H18Cl2N4/c14-12-6-11(13(15)18-17-12)19(7-9-3-4-9)8-10-2-1-5-16-10/h6,9-10,16H,1-5,7-8H2. The van der Waals surface area contributed by atoms with Crippen LogP contribution in [-0.4, -0.2) is 35.9 Å². The Hall–Kier alpha value is -0.580. The van der Waals surface area contributed by atoms with Gasteiger partial charge >= 0.3 is 0 Å². The quantitative estimate of drug-likeness (QED) is 0.908. The Kier molecular flexibility index (Phi) is 4.10. The number of aromatic nitrogens is 2. The lowest BCUT2D eigenvalue weighted by Crippen LogP contribution is -2.39. The number of nitrogens with one attached hydrogen (secondary N) is 1. The molecular weight excluding hydrogens is 283 g/mol. The van der Waals surface area contributed by atoms with E-state index in [-0.39, 0.29) is 0 Å². The minimum Gasteiger partial charge on any atom is -0.367 e. The summed E-state index contributed by atoms with van der Waals surface area (Å²) in [5.74, 6) is 0.796. The lowest BCUT2D eigenvalue weighted by Gasteiger charge is -2.28. The fourth-order valence-electron chi connectivity index (χ4n) is 2.63. The van der Waals surface area contributed by atoms with Crippen LogP contribution in [0.5, 0.6) is 0 Å². The van der Waals surface area contributed by atoms with Crippen LogP contribution in [0.4, 0.5) is 5.69 Å². The molecule has 0 amide bonds. The molecule has 1 saturated carbocycles. The van der Waals surface area contributed by atoms with Crippen molar-refractivity contribution in [2.24, 2.45) is 5.92 Å². The van der Waals surface area contributed by atoms with E-state index in [1.807, 2.05) is 6.07 Å². The summed E-state index contributed by atoms with van der Waals surface area (Å²) in [6.45, 7) is 3.13. The van der Waals surface area contributed by atoms with Crippen molar-refractivity contribution < 1.29 is 0 Å². The Labute approximate surface area is 123 Å². The van der Waals surface area contributed by atoms with Crippen LogP contribution < -0.4 is 10.2 Å². The molecule has 2 aliphatic rings. The molecule has 0 spiro atoms. The van der Waals surface area contributed by atoms with E-state index in [0.717, 1.165) is 31.2 Å². The molecule has 0 aromatic carbocycles. The van der Waals surface area contributed by atoms with Gasteiger partial charge in [0, 0.05) is 25.2 Å². The van der Waals surface area contributed by atoms with Crippen molar-refractivity contribution in [3.63, 3.8) is 0 Å². The Bertz CT molecular complexity index is 444. The molecule has 2 fully saturated rings. The van der Waals surface area contributed by atoms with Crippen molar-refractivity contribution in [3.8, 4) is 0 Å². The van der Waals surface area contributed by atoms with Gasteiger partial charge in [0.15, 0.2) is 10.3 Å². The number of hydrogen-bond acceptors (Lipinski definition) is 4. The molecule has 1 aliphatic carbocycles. The van der Waals surface area contributed by atoms with Crippen LogP contribution >= 0.6 is 23.2 Å². The van der Waals surface area contributed by atoms with E-state index in [1.165, 1.54) is 25.7 Å². The Morgan fingerprint density at radius 2 is 2.05 bits per heavy atom. The highest BCUT2D eigenvalue weighted by molar-refractivity contribution is 6.33. The molecule has 1 aromatic rings. The van der Waals surface area contributed by atoms with Gasteiger partial charge in [-0.3, -0.25) is 0 Å². The van der Waals surface area contributed by atoms with Crippen LogP contribution in [-0.2, 0) is 0 Å². The topological polar surface area (TPSA) is 41.0 Å².